The maximum Gasteiger partial charge on any atom is 0.205 e. The highest BCUT2D eigenvalue weighted by Gasteiger charge is 2.16. The molecule has 2 aromatic rings. The number of aromatic nitrogens is 5. The Morgan fingerprint density at radius 3 is 2.90 bits per heavy atom. The second-order valence-corrected chi connectivity index (χ2v) is 6.47. The average molecular weight is 292 g/mol. The molecule has 0 radical (unpaired) electrons. The van der Waals surface area contributed by atoms with E-state index >= 15 is 0 Å². The van der Waals surface area contributed by atoms with Gasteiger partial charge in [0, 0.05) is 13.5 Å². The zero-order valence-electron chi connectivity index (χ0n) is 11.7. The number of hydrogen-bond donors (Lipinski definition) is 1. The first kappa shape index (κ1) is 13.5. The van der Waals surface area contributed by atoms with Gasteiger partial charge in [0.1, 0.15) is 5.01 Å². The van der Waals surface area contributed by atoms with Crippen LogP contribution in [-0.2, 0) is 20.0 Å². The molecule has 0 aliphatic heterocycles. The lowest BCUT2D eigenvalue weighted by molar-refractivity contribution is 0.356. The van der Waals surface area contributed by atoms with Gasteiger partial charge in [0.2, 0.25) is 5.13 Å². The second-order valence-electron chi connectivity index (χ2n) is 5.41. The minimum absolute atomic E-state index is 0.682. The number of rotatable bonds is 5. The molecule has 0 amide bonds. The zero-order chi connectivity index (χ0) is 13.8. The van der Waals surface area contributed by atoms with E-state index in [9.17, 15) is 0 Å². The molecule has 1 N–H and O–H groups in total. The molecule has 0 saturated heterocycles. The number of nitrogens with one attached hydrogen (secondary N) is 1. The van der Waals surface area contributed by atoms with Crippen LogP contribution >= 0.6 is 11.3 Å². The molecule has 1 fully saturated rings. The van der Waals surface area contributed by atoms with Crippen LogP contribution in [0.15, 0.2) is 6.20 Å². The molecule has 2 heterocycles. The lowest BCUT2D eigenvalue weighted by atomic mass is 9.87. The fourth-order valence-corrected chi connectivity index (χ4v) is 3.53. The molecule has 0 bridgehead atoms. The zero-order valence-corrected chi connectivity index (χ0v) is 12.6. The first-order valence-electron chi connectivity index (χ1n) is 7.21. The number of nitrogens with zero attached hydrogens (tertiary/aromatic N) is 5. The monoisotopic (exact) mass is 292 g/mol. The summed E-state index contributed by atoms with van der Waals surface area (Å²) < 4.78 is 1.76. The van der Waals surface area contributed by atoms with Gasteiger partial charge in [-0.2, -0.15) is 0 Å². The van der Waals surface area contributed by atoms with Crippen LogP contribution in [0.2, 0.25) is 0 Å². The smallest absolute Gasteiger partial charge is 0.205 e. The van der Waals surface area contributed by atoms with E-state index in [1.165, 1.54) is 32.1 Å². The predicted octanol–water partition coefficient (Wildman–Crippen LogP) is 2.40. The molecular formula is C13H20N6S. The van der Waals surface area contributed by atoms with Gasteiger partial charge in [0.15, 0.2) is 0 Å². The number of hydrogen-bond acceptors (Lipinski definition) is 6. The normalized spacial score (nSPS) is 16.4. The standard InChI is InChI=1S/C13H20N6S/c1-19-11(9-15-18-19)8-14-13-17-16-12(20-13)7-10-5-3-2-4-6-10/h9-10H,2-8H2,1H3,(H,14,17). The van der Waals surface area contributed by atoms with Crippen molar-refractivity contribution in [2.24, 2.45) is 13.0 Å². The van der Waals surface area contributed by atoms with Gasteiger partial charge in [-0.1, -0.05) is 48.7 Å². The third-order valence-electron chi connectivity index (χ3n) is 3.88. The second kappa shape index (κ2) is 6.30. The van der Waals surface area contributed by atoms with Gasteiger partial charge in [-0.15, -0.1) is 15.3 Å². The Morgan fingerprint density at radius 2 is 2.15 bits per heavy atom. The molecule has 2 aromatic heterocycles. The summed E-state index contributed by atoms with van der Waals surface area (Å²) in [7, 11) is 1.89. The van der Waals surface area contributed by atoms with Gasteiger partial charge < -0.3 is 5.32 Å². The van der Waals surface area contributed by atoms with Crippen molar-refractivity contribution in [2.45, 2.75) is 45.1 Å². The van der Waals surface area contributed by atoms with Crippen LogP contribution in [0, 0.1) is 5.92 Å². The van der Waals surface area contributed by atoms with Crippen LogP contribution in [-0.4, -0.2) is 25.2 Å². The van der Waals surface area contributed by atoms with Crippen molar-refractivity contribution >= 4 is 16.5 Å². The molecule has 0 aromatic carbocycles. The van der Waals surface area contributed by atoms with Gasteiger partial charge >= 0.3 is 0 Å². The van der Waals surface area contributed by atoms with E-state index in [-0.39, 0.29) is 0 Å². The highest BCUT2D eigenvalue weighted by Crippen LogP contribution is 2.28. The predicted molar refractivity (Wildman–Crippen MR) is 78.5 cm³/mol. The molecule has 1 aliphatic carbocycles. The van der Waals surface area contributed by atoms with Crippen LogP contribution in [0.1, 0.15) is 42.8 Å². The molecule has 0 atom stereocenters. The summed E-state index contributed by atoms with van der Waals surface area (Å²) in [5.74, 6) is 0.811. The molecule has 1 aliphatic rings. The van der Waals surface area contributed by atoms with E-state index in [2.05, 4.69) is 25.8 Å². The van der Waals surface area contributed by atoms with Crippen LogP contribution < -0.4 is 5.32 Å². The van der Waals surface area contributed by atoms with Crippen LogP contribution in [0.5, 0.6) is 0 Å². The Labute approximate surface area is 122 Å². The summed E-state index contributed by atoms with van der Waals surface area (Å²) in [5, 5.41) is 21.6. The summed E-state index contributed by atoms with van der Waals surface area (Å²) in [6, 6.07) is 0. The summed E-state index contributed by atoms with van der Waals surface area (Å²) in [5.41, 5.74) is 1.04. The van der Waals surface area contributed by atoms with E-state index in [0.29, 0.717) is 6.54 Å². The summed E-state index contributed by atoms with van der Waals surface area (Å²) in [4.78, 5) is 0. The third kappa shape index (κ3) is 3.33. The summed E-state index contributed by atoms with van der Waals surface area (Å²) in [6.07, 6.45) is 9.71. The van der Waals surface area contributed by atoms with Crippen molar-refractivity contribution in [1.82, 2.24) is 25.2 Å². The number of anilines is 1. The van der Waals surface area contributed by atoms with Crippen molar-refractivity contribution in [2.75, 3.05) is 5.32 Å². The lowest BCUT2D eigenvalue weighted by Gasteiger charge is -2.19. The SMILES string of the molecule is Cn1nncc1CNc1nnc(CC2CCCCC2)s1. The minimum Gasteiger partial charge on any atom is -0.354 e. The van der Waals surface area contributed by atoms with Crippen molar-refractivity contribution in [3.63, 3.8) is 0 Å². The Balaban J connectivity index is 1.52. The van der Waals surface area contributed by atoms with Crippen LogP contribution in [0.25, 0.3) is 0 Å². The first-order chi connectivity index (χ1) is 9.81. The van der Waals surface area contributed by atoms with Gasteiger partial charge in [-0.25, -0.2) is 0 Å². The van der Waals surface area contributed by atoms with Crippen LogP contribution in [0.3, 0.4) is 0 Å². The molecule has 1 saturated carbocycles. The van der Waals surface area contributed by atoms with Crippen molar-refractivity contribution in [1.29, 1.82) is 0 Å². The van der Waals surface area contributed by atoms with Crippen LogP contribution in [0.4, 0.5) is 5.13 Å². The van der Waals surface area contributed by atoms with E-state index in [1.54, 1.807) is 22.2 Å². The fraction of sp³-hybridized carbons (Fsp3) is 0.692. The van der Waals surface area contributed by atoms with Gasteiger partial charge in [-0.05, 0) is 5.92 Å². The molecule has 0 spiro atoms. The Hall–Kier alpha value is -1.50. The maximum absolute atomic E-state index is 4.30. The lowest BCUT2D eigenvalue weighted by Crippen LogP contribution is -2.08. The molecule has 0 unspecified atom stereocenters. The average Bonchev–Trinajstić information content (AvgIpc) is 3.07. The van der Waals surface area contributed by atoms with E-state index in [1.807, 2.05) is 7.05 Å². The molecule has 6 nitrogen and oxygen atoms in total. The topological polar surface area (TPSA) is 68.5 Å². The number of aryl methyl sites for hydroxylation is 1. The molecular weight excluding hydrogens is 272 g/mol. The summed E-state index contributed by atoms with van der Waals surface area (Å²) >= 11 is 1.67. The minimum atomic E-state index is 0.682. The van der Waals surface area contributed by atoms with E-state index < -0.39 is 0 Å². The van der Waals surface area contributed by atoms with Crippen molar-refractivity contribution in [3.05, 3.63) is 16.9 Å². The third-order valence-corrected chi connectivity index (χ3v) is 4.79. The Morgan fingerprint density at radius 1 is 1.30 bits per heavy atom. The first-order valence-corrected chi connectivity index (χ1v) is 8.03. The van der Waals surface area contributed by atoms with Gasteiger partial charge in [0.25, 0.3) is 0 Å². The summed E-state index contributed by atoms with van der Waals surface area (Å²) in [6.45, 7) is 0.682. The molecule has 7 heteroatoms. The highest BCUT2D eigenvalue weighted by atomic mass is 32.1. The van der Waals surface area contributed by atoms with E-state index in [0.717, 1.165) is 28.2 Å². The maximum atomic E-state index is 4.30. The molecule has 108 valence electrons. The van der Waals surface area contributed by atoms with E-state index in [4.69, 9.17) is 0 Å². The Bertz CT molecular complexity index is 543. The van der Waals surface area contributed by atoms with Gasteiger partial charge in [-0.3, -0.25) is 4.68 Å². The van der Waals surface area contributed by atoms with Crippen molar-refractivity contribution in [3.8, 4) is 0 Å². The fourth-order valence-electron chi connectivity index (χ4n) is 2.68. The quantitative estimate of drug-likeness (QED) is 0.916. The highest BCUT2D eigenvalue weighted by molar-refractivity contribution is 7.15. The molecule has 20 heavy (non-hydrogen) atoms. The van der Waals surface area contributed by atoms with Gasteiger partial charge in [0.05, 0.1) is 18.4 Å². The Kier molecular flexibility index (Phi) is 4.25. The molecule has 3 rings (SSSR count). The van der Waals surface area contributed by atoms with Crippen molar-refractivity contribution < 1.29 is 0 Å². The largest absolute Gasteiger partial charge is 0.354 e.